The van der Waals surface area contributed by atoms with E-state index in [0.717, 1.165) is 18.4 Å². The Kier molecular flexibility index (Phi) is 5.15. The SMILES string of the molecule is CN(C)C(=O)[C@]1(Cc2ccccc2)C[C@@H]2CC[C@H]1N2C(=O)Cc1cccc(F)c1. The predicted molar refractivity (Wildman–Crippen MR) is 110 cm³/mol. The number of hydrogen-bond donors (Lipinski definition) is 0. The van der Waals surface area contributed by atoms with Crippen LogP contribution in [0.4, 0.5) is 4.39 Å². The van der Waals surface area contributed by atoms with Gasteiger partial charge >= 0.3 is 0 Å². The van der Waals surface area contributed by atoms with Gasteiger partial charge in [0.15, 0.2) is 0 Å². The van der Waals surface area contributed by atoms with E-state index in [2.05, 4.69) is 12.1 Å². The lowest BCUT2D eigenvalue weighted by molar-refractivity contribution is -0.142. The van der Waals surface area contributed by atoms with Crippen molar-refractivity contribution >= 4 is 11.8 Å². The molecule has 29 heavy (non-hydrogen) atoms. The van der Waals surface area contributed by atoms with Crippen LogP contribution in [0.25, 0.3) is 0 Å². The molecule has 2 amide bonds. The summed E-state index contributed by atoms with van der Waals surface area (Å²) in [5, 5.41) is 0. The first-order chi connectivity index (χ1) is 13.9. The number of rotatable bonds is 5. The first kappa shape index (κ1) is 19.6. The van der Waals surface area contributed by atoms with E-state index in [9.17, 15) is 14.0 Å². The largest absolute Gasteiger partial charge is 0.348 e. The van der Waals surface area contributed by atoms with Gasteiger partial charge in [0.25, 0.3) is 0 Å². The Balaban J connectivity index is 1.63. The van der Waals surface area contributed by atoms with Crippen LogP contribution < -0.4 is 0 Å². The van der Waals surface area contributed by atoms with Crippen LogP contribution in [0.5, 0.6) is 0 Å². The van der Waals surface area contributed by atoms with E-state index in [0.29, 0.717) is 18.4 Å². The smallest absolute Gasteiger partial charge is 0.230 e. The van der Waals surface area contributed by atoms with Crippen molar-refractivity contribution < 1.29 is 14.0 Å². The third-order valence-electron chi connectivity index (χ3n) is 6.47. The molecule has 3 atom stereocenters. The van der Waals surface area contributed by atoms with Gasteiger partial charge in [0, 0.05) is 26.2 Å². The highest BCUT2D eigenvalue weighted by Crippen LogP contribution is 2.52. The zero-order valence-electron chi connectivity index (χ0n) is 17.0. The number of hydrogen-bond acceptors (Lipinski definition) is 2. The predicted octanol–water partition coefficient (Wildman–Crippen LogP) is 3.45. The molecule has 2 heterocycles. The van der Waals surface area contributed by atoms with Crippen LogP contribution in [0.15, 0.2) is 54.6 Å². The third kappa shape index (κ3) is 3.54. The van der Waals surface area contributed by atoms with E-state index in [-0.39, 0.29) is 36.1 Å². The Labute approximate surface area is 171 Å². The number of halogens is 1. The molecule has 2 fully saturated rings. The zero-order valence-corrected chi connectivity index (χ0v) is 17.0. The summed E-state index contributed by atoms with van der Waals surface area (Å²) in [7, 11) is 3.58. The Morgan fingerprint density at radius 1 is 1.07 bits per heavy atom. The van der Waals surface area contributed by atoms with Gasteiger partial charge in [0.2, 0.25) is 11.8 Å². The van der Waals surface area contributed by atoms with E-state index in [4.69, 9.17) is 0 Å². The van der Waals surface area contributed by atoms with E-state index in [1.54, 1.807) is 31.1 Å². The van der Waals surface area contributed by atoms with Crippen molar-refractivity contribution in [3.8, 4) is 0 Å². The molecule has 0 radical (unpaired) electrons. The molecule has 0 aliphatic carbocycles. The highest BCUT2D eigenvalue weighted by molar-refractivity contribution is 5.87. The van der Waals surface area contributed by atoms with Crippen LogP contribution in [0.2, 0.25) is 0 Å². The fourth-order valence-electron chi connectivity index (χ4n) is 5.37. The number of benzene rings is 2. The molecule has 2 saturated heterocycles. The van der Waals surface area contributed by atoms with Crippen LogP contribution in [0, 0.1) is 11.2 Å². The third-order valence-corrected chi connectivity index (χ3v) is 6.47. The normalized spacial score (nSPS) is 25.3. The lowest BCUT2D eigenvalue weighted by Crippen LogP contribution is -2.51. The van der Waals surface area contributed by atoms with Gasteiger partial charge in [0.1, 0.15) is 5.82 Å². The Morgan fingerprint density at radius 3 is 2.48 bits per heavy atom. The van der Waals surface area contributed by atoms with Gasteiger partial charge in [-0.3, -0.25) is 9.59 Å². The summed E-state index contributed by atoms with van der Waals surface area (Å²) in [4.78, 5) is 30.2. The summed E-state index contributed by atoms with van der Waals surface area (Å²) < 4.78 is 13.5. The molecule has 4 rings (SSSR count). The minimum absolute atomic E-state index is 0.00964. The van der Waals surface area contributed by atoms with Gasteiger partial charge in [-0.25, -0.2) is 4.39 Å². The molecular weight excluding hydrogens is 367 g/mol. The van der Waals surface area contributed by atoms with Crippen LogP contribution >= 0.6 is 0 Å². The summed E-state index contributed by atoms with van der Waals surface area (Å²) in [6.45, 7) is 0. The molecule has 0 unspecified atom stereocenters. The molecule has 0 N–H and O–H groups in total. The minimum Gasteiger partial charge on any atom is -0.348 e. The maximum absolute atomic E-state index is 13.5. The lowest BCUT2D eigenvalue weighted by atomic mass is 9.69. The number of amides is 2. The van der Waals surface area contributed by atoms with Crippen LogP contribution in [-0.4, -0.2) is 47.8 Å². The first-order valence-electron chi connectivity index (χ1n) is 10.2. The molecular formula is C24H27FN2O2. The highest BCUT2D eigenvalue weighted by atomic mass is 19.1. The molecule has 2 aromatic carbocycles. The van der Waals surface area contributed by atoms with E-state index >= 15 is 0 Å². The number of carbonyl (C=O) groups excluding carboxylic acids is 2. The second kappa shape index (κ2) is 7.62. The minimum atomic E-state index is -0.592. The van der Waals surface area contributed by atoms with E-state index in [1.165, 1.54) is 12.1 Å². The fraction of sp³-hybridized carbons (Fsp3) is 0.417. The van der Waals surface area contributed by atoms with Crippen molar-refractivity contribution in [3.63, 3.8) is 0 Å². The number of fused-ring (bicyclic) bond motifs is 2. The molecule has 0 spiro atoms. The maximum atomic E-state index is 13.5. The van der Waals surface area contributed by atoms with Crippen molar-refractivity contribution in [1.29, 1.82) is 0 Å². The van der Waals surface area contributed by atoms with Crippen LogP contribution in [-0.2, 0) is 22.4 Å². The van der Waals surface area contributed by atoms with Gasteiger partial charge in [-0.2, -0.15) is 0 Å². The zero-order chi connectivity index (χ0) is 20.6. The summed E-state index contributed by atoms with van der Waals surface area (Å²) >= 11 is 0. The first-order valence-corrected chi connectivity index (χ1v) is 10.2. The molecule has 2 aliphatic heterocycles. The quantitative estimate of drug-likeness (QED) is 0.779. The topological polar surface area (TPSA) is 40.6 Å². The molecule has 4 nitrogen and oxygen atoms in total. The van der Waals surface area contributed by atoms with Gasteiger partial charge in [0.05, 0.1) is 11.8 Å². The lowest BCUT2D eigenvalue weighted by Gasteiger charge is -2.38. The molecule has 2 aliphatic rings. The van der Waals surface area contributed by atoms with Crippen molar-refractivity contribution in [2.24, 2.45) is 5.41 Å². The average Bonchev–Trinajstić information content (AvgIpc) is 3.24. The average molecular weight is 394 g/mol. The molecule has 152 valence electrons. The van der Waals surface area contributed by atoms with Crippen molar-refractivity contribution in [2.45, 2.75) is 44.2 Å². The second-order valence-electron chi connectivity index (χ2n) is 8.58. The maximum Gasteiger partial charge on any atom is 0.230 e. The highest BCUT2D eigenvalue weighted by Gasteiger charge is 2.61. The Bertz CT molecular complexity index is 914. The summed E-state index contributed by atoms with van der Waals surface area (Å²) in [5.74, 6) is -0.248. The molecule has 2 aromatic rings. The molecule has 5 heteroatoms. The van der Waals surface area contributed by atoms with E-state index < -0.39 is 5.41 Å². The molecule has 2 bridgehead atoms. The van der Waals surface area contributed by atoms with Gasteiger partial charge in [-0.05, 0) is 48.9 Å². The summed E-state index contributed by atoms with van der Waals surface area (Å²) in [6, 6.07) is 16.2. The standard InChI is InChI=1S/C24H27FN2O2/c1-26(2)23(29)24(15-17-7-4-3-5-8-17)16-20-11-12-21(24)27(20)22(28)14-18-9-6-10-19(25)13-18/h3-10,13,20-21H,11-12,14-16H2,1-2H3/t20-,21+,24+/m0/s1. The molecule has 0 saturated carbocycles. The second-order valence-corrected chi connectivity index (χ2v) is 8.58. The Hall–Kier alpha value is -2.69. The molecule has 0 aromatic heterocycles. The van der Waals surface area contributed by atoms with Gasteiger partial charge in [-0.1, -0.05) is 42.5 Å². The van der Waals surface area contributed by atoms with Crippen molar-refractivity contribution in [2.75, 3.05) is 14.1 Å². The van der Waals surface area contributed by atoms with Crippen molar-refractivity contribution in [3.05, 3.63) is 71.5 Å². The monoisotopic (exact) mass is 394 g/mol. The summed E-state index contributed by atoms with van der Waals surface area (Å²) in [5.41, 5.74) is 1.20. The Morgan fingerprint density at radius 2 is 1.79 bits per heavy atom. The number of nitrogens with zero attached hydrogens (tertiary/aromatic N) is 2. The van der Waals surface area contributed by atoms with Gasteiger partial charge in [-0.15, -0.1) is 0 Å². The van der Waals surface area contributed by atoms with Gasteiger partial charge < -0.3 is 9.80 Å². The summed E-state index contributed by atoms with van der Waals surface area (Å²) in [6.07, 6.45) is 3.26. The van der Waals surface area contributed by atoms with E-state index in [1.807, 2.05) is 23.1 Å². The van der Waals surface area contributed by atoms with Crippen LogP contribution in [0.1, 0.15) is 30.4 Å². The fourth-order valence-corrected chi connectivity index (χ4v) is 5.37. The number of carbonyl (C=O) groups is 2. The van der Waals surface area contributed by atoms with Crippen molar-refractivity contribution in [1.82, 2.24) is 9.80 Å². The van der Waals surface area contributed by atoms with Crippen LogP contribution in [0.3, 0.4) is 0 Å².